The lowest BCUT2D eigenvalue weighted by atomic mass is 9.92. The molecule has 128 valence electrons. The monoisotopic (exact) mass is 360 g/mol. The van der Waals surface area contributed by atoms with Gasteiger partial charge in [-0.1, -0.05) is 30.4 Å². The van der Waals surface area contributed by atoms with E-state index < -0.39 is 30.4 Å². The molecule has 1 rings (SSSR count). The molecule has 8 heteroatoms. The fourth-order valence-electron chi connectivity index (χ4n) is 2.25. The highest BCUT2D eigenvalue weighted by atomic mass is 32.2. The van der Waals surface area contributed by atoms with E-state index in [0.717, 1.165) is 11.6 Å². The Bertz CT molecular complexity index is 836. The zero-order valence-electron chi connectivity index (χ0n) is 13.1. The fourth-order valence-corrected chi connectivity index (χ4v) is 3.98. The predicted molar refractivity (Wildman–Crippen MR) is 90.0 cm³/mol. The fraction of sp³-hybridized carbons (Fsp3) is 0.333. The van der Waals surface area contributed by atoms with Crippen molar-refractivity contribution < 1.29 is 25.9 Å². The third-order valence-corrected chi connectivity index (χ3v) is 5.55. The van der Waals surface area contributed by atoms with Crippen LogP contribution >= 0.6 is 0 Å². The highest BCUT2D eigenvalue weighted by Gasteiger charge is 2.31. The second-order valence-corrected chi connectivity index (χ2v) is 8.34. The second-order valence-electron chi connectivity index (χ2n) is 5.35. The number of allylic oxidation sites excluding steroid dienone is 7. The molecule has 2 N–H and O–H groups in total. The average molecular weight is 360 g/mol. The largest absolute Gasteiger partial charge is 0.294 e. The SMILES string of the molecule is C=C(C)/C(=C\C(=C/C)C1=CC=C(C)CC1S(=O)(=O)O)S(=O)(=O)O. The third-order valence-electron chi connectivity index (χ3n) is 3.39. The van der Waals surface area contributed by atoms with Crippen molar-refractivity contribution in [3.63, 3.8) is 0 Å². The first-order valence-corrected chi connectivity index (χ1v) is 9.67. The maximum absolute atomic E-state index is 11.6. The second kappa shape index (κ2) is 6.96. The van der Waals surface area contributed by atoms with Crippen LogP contribution in [0.4, 0.5) is 0 Å². The number of rotatable bonds is 5. The van der Waals surface area contributed by atoms with Gasteiger partial charge in [0.05, 0.1) is 4.91 Å². The van der Waals surface area contributed by atoms with Crippen molar-refractivity contribution in [3.05, 3.63) is 58.1 Å². The van der Waals surface area contributed by atoms with Gasteiger partial charge in [0.1, 0.15) is 5.25 Å². The highest BCUT2D eigenvalue weighted by molar-refractivity contribution is 7.90. The molecule has 0 aliphatic heterocycles. The van der Waals surface area contributed by atoms with Crippen LogP contribution in [0.15, 0.2) is 58.1 Å². The summed E-state index contributed by atoms with van der Waals surface area (Å²) < 4.78 is 64.9. The molecule has 0 saturated heterocycles. The molecule has 0 heterocycles. The van der Waals surface area contributed by atoms with Crippen molar-refractivity contribution in [2.75, 3.05) is 0 Å². The van der Waals surface area contributed by atoms with E-state index in [1.807, 2.05) is 0 Å². The smallest absolute Gasteiger partial charge is 0.285 e. The van der Waals surface area contributed by atoms with Gasteiger partial charge in [0.25, 0.3) is 20.2 Å². The van der Waals surface area contributed by atoms with E-state index in [0.29, 0.717) is 0 Å². The third kappa shape index (κ3) is 5.00. The standard InChI is InChI=1S/C15H20O6S2/c1-5-12(9-14(10(2)3)22(16,17)18)13-7-6-11(4)8-15(13)23(19,20)21/h5-7,9,15H,2,8H2,1,3-4H3,(H,16,17,18)(H,19,20,21)/b12-5+,14-9+. The molecular weight excluding hydrogens is 340 g/mol. The Balaban J connectivity index is 3.53. The minimum absolute atomic E-state index is 0.101. The lowest BCUT2D eigenvalue weighted by Crippen LogP contribution is -2.26. The van der Waals surface area contributed by atoms with Crippen molar-refractivity contribution >= 4 is 20.2 Å². The van der Waals surface area contributed by atoms with Crippen LogP contribution < -0.4 is 0 Å². The molecule has 0 spiro atoms. The van der Waals surface area contributed by atoms with Gasteiger partial charge in [0.15, 0.2) is 0 Å². The first-order chi connectivity index (χ1) is 10.4. The molecule has 0 aromatic rings. The Morgan fingerprint density at radius 3 is 2.22 bits per heavy atom. The molecule has 1 aliphatic rings. The van der Waals surface area contributed by atoms with Crippen LogP contribution in [0.5, 0.6) is 0 Å². The van der Waals surface area contributed by atoms with Crippen molar-refractivity contribution in [2.45, 2.75) is 32.4 Å². The maximum Gasteiger partial charge on any atom is 0.294 e. The van der Waals surface area contributed by atoms with Gasteiger partial charge in [0, 0.05) is 0 Å². The molecule has 0 aromatic heterocycles. The molecule has 1 unspecified atom stereocenters. The molecule has 1 aliphatic carbocycles. The van der Waals surface area contributed by atoms with Crippen molar-refractivity contribution in [1.29, 1.82) is 0 Å². The predicted octanol–water partition coefficient (Wildman–Crippen LogP) is 2.81. The Hall–Kier alpha value is -1.48. The van der Waals surface area contributed by atoms with E-state index in [2.05, 4.69) is 6.58 Å². The van der Waals surface area contributed by atoms with E-state index in [1.54, 1.807) is 19.9 Å². The van der Waals surface area contributed by atoms with Crippen LogP contribution in [-0.2, 0) is 20.2 Å². The highest BCUT2D eigenvalue weighted by Crippen LogP contribution is 2.31. The number of hydrogen-bond donors (Lipinski definition) is 2. The molecule has 23 heavy (non-hydrogen) atoms. The Morgan fingerprint density at radius 2 is 1.83 bits per heavy atom. The summed E-state index contributed by atoms with van der Waals surface area (Å²) in [6, 6.07) is 0. The quantitative estimate of drug-likeness (QED) is 0.576. The van der Waals surface area contributed by atoms with E-state index in [1.165, 1.54) is 19.1 Å². The van der Waals surface area contributed by atoms with Crippen LogP contribution in [0.3, 0.4) is 0 Å². The van der Waals surface area contributed by atoms with Gasteiger partial charge in [-0.3, -0.25) is 9.11 Å². The van der Waals surface area contributed by atoms with E-state index in [9.17, 15) is 25.9 Å². The van der Waals surface area contributed by atoms with Crippen LogP contribution in [0, 0.1) is 0 Å². The average Bonchev–Trinajstić information content (AvgIpc) is 2.37. The molecule has 0 amide bonds. The van der Waals surface area contributed by atoms with Crippen molar-refractivity contribution in [2.24, 2.45) is 0 Å². The normalized spacial score (nSPS) is 20.8. The zero-order valence-corrected chi connectivity index (χ0v) is 14.8. The summed E-state index contributed by atoms with van der Waals surface area (Å²) >= 11 is 0. The lowest BCUT2D eigenvalue weighted by molar-refractivity contribution is 0.472. The topological polar surface area (TPSA) is 109 Å². The van der Waals surface area contributed by atoms with E-state index in [-0.39, 0.29) is 23.1 Å². The van der Waals surface area contributed by atoms with E-state index >= 15 is 0 Å². The van der Waals surface area contributed by atoms with Gasteiger partial charge in [-0.25, -0.2) is 0 Å². The molecule has 0 fully saturated rings. The number of hydrogen-bond acceptors (Lipinski definition) is 4. The summed E-state index contributed by atoms with van der Waals surface area (Å²) in [4.78, 5) is -0.410. The van der Waals surface area contributed by atoms with Gasteiger partial charge >= 0.3 is 0 Å². The Morgan fingerprint density at radius 1 is 1.26 bits per heavy atom. The van der Waals surface area contributed by atoms with Crippen LogP contribution in [0.25, 0.3) is 0 Å². The van der Waals surface area contributed by atoms with E-state index in [4.69, 9.17) is 0 Å². The summed E-state index contributed by atoms with van der Waals surface area (Å²) in [6.07, 6.45) is 5.97. The maximum atomic E-state index is 11.6. The minimum atomic E-state index is -4.51. The van der Waals surface area contributed by atoms with Gasteiger partial charge < -0.3 is 0 Å². The van der Waals surface area contributed by atoms with Crippen LogP contribution in [-0.4, -0.2) is 31.2 Å². The van der Waals surface area contributed by atoms with Crippen molar-refractivity contribution in [3.8, 4) is 0 Å². The molecule has 0 radical (unpaired) electrons. The van der Waals surface area contributed by atoms with Gasteiger partial charge in [-0.05, 0) is 50.0 Å². The summed E-state index contributed by atoms with van der Waals surface area (Å²) in [5, 5.41) is -1.19. The lowest BCUT2D eigenvalue weighted by Gasteiger charge is -2.22. The van der Waals surface area contributed by atoms with Gasteiger partial charge in [0.2, 0.25) is 0 Å². The Labute approximate surface area is 137 Å². The summed E-state index contributed by atoms with van der Waals surface area (Å²) in [5.74, 6) is 0. The van der Waals surface area contributed by atoms with Gasteiger partial charge in [-0.2, -0.15) is 16.8 Å². The molecule has 1 atom stereocenters. The summed E-state index contributed by atoms with van der Waals surface area (Å²) in [7, 11) is -8.87. The minimum Gasteiger partial charge on any atom is -0.285 e. The molecular formula is C15H20O6S2. The molecule has 0 aromatic carbocycles. The zero-order chi connectivity index (χ0) is 18.0. The van der Waals surface area contributed by atoms with Gasteiger partial charge in [-0.15, -0.1) is 0 Å². The first kappa shape index (κ1) is 19.6. The molecule has 6 nitrogen and oxygen atoms in total. The molecule has 0 bridgehead atoms. The molecule has 0 saturated carbocycles. The summed E-state index contributed by atoms with van der Waals surface area (Å²) in [6.45, 7) is 8.24. The Kier molecular flexibility index (Phi) is 5.92. The first-order valence-electron chi connectivity index (χ1n) is 6.73. The van der Waals surface area contributed by atoms with Crippen molar-refractivity contribution in [1.82, 2.24) is 0 Å². The van der Waals surface area contributed by atoms with Crippen LogP contribution in [0.2, 0.25) is 0 Å². The summed E-state index contributed by atoms with van der Waals surface area (Å²) in [5.41, 5.74) is 1.40. The van der Waals surface area contributed by atoms with Crippen LogP contribution in [0.1, 0.15) is 27.2 Å².